The lowest BCUT2D eigenvalue weighted by Gasteiger charge is -2.23. The van der Waals surface area contributed by atoms with Crippen molar-refractivity contribution in [2.24, 2.45) is 5.41 Å². The Bertz CT molecular complexity index is 578. The Labute approximate surface area is 112 Å². The third kappa shape index (κ3) is 2.54. The molecule has 2 rings (SSSR count). The fraction of sp³-hybridized carbons (Fsp3) is 0.467. The summed E-state index contributed by atoms with van der Waals surface area (Å²) >= 11 is 0. The van der Waals surface area contributed by atoms with Gasteiger partial charge in [0.1, 0.15) is 28.9 Å². The van der Waals surface area contributed by atoms with Gasteiger partial charge in [0.05, 0.1) is 19.6 Å². The van der Waals surface area contributed by atoms with E-state index in [0.29, 0.717) is 22.8 Å². The van der Waals surface area contributed by atoms with Crippen molar-refractivity contribution in [3.8, 4) is 11.5 Å². The van der Waals surface area contributed by atoms with Crippen LogP contribution in [0.5, 0.6) is 11.5 Å². The largest absolute Gasteiger partial charge is 0.496 e. The molecule has 1 unspecified atom stereocenters. The Hall–Kier alpha value is -1.68. The van der Waals surface area contributed by atoms with Gasteiger partial charge in [0, 0.05) is 12.1 Å². The second-order valence-electron chi connectivity index (χ2n) is 5.66. The molecule has 2 aromatic rings. The smallest absolute Gasteiger partial charge is 0.141 e. The Balaban J connectivity index is 2.56. The molecule has 0 bridgehead atoms. The van der Waals surface area contributed by atoms with Crippen LogP contribution < -0.4 is 9.47 Å². The number of benzene rings is 1. The van der Waals surface area contributed by atoms with Gasteiger partial charge in [-0.05, 0) is 11.5 Å². The van der Waals surface area contributed by atoms with Crippen molar-refractivity contribution >= 4 is 11.0 Å². The lowest BCUT2D eigenvalue weighted by molar-refractivity contribution is 0.0448. The maximum Gasteiger partial charge on any atom is 0.141 e. The van der Waals surface area contributed by atoms with Gasteiger partial charge >= 0.3 is 0 Å². The lowest BCUT2D eigenvalue weighted by Crippen LogP contribution is -2.16. The zero-order chi connectivity index (χ0) is 14.2. The number of methoxy groups -OCH3 is 2. The summed E-state index contributed by atoms with van der Waals surface area (Å²) in [5.74, 6) is 1.87. The zero-order valence-electron chi connectivity index (χ0n) is 12.0. The number of rotatable bonds is 3. The van der Waals surface area contributed by atoms with E-state index < -0.39 is 6.10 Å². The number of furan rings is 1. The molecule has 0 saturated heterocycles. The molecule has 4 nitrogen and oxygen atoms in total. The van der Waals surface area contributed by atoms with Gasteiger partial charge < -0.3 is 19.0 Å². The monoisotopic (exact) mass is 264 g/mol. The number of fused-ring (bicyclic) bond motifs is 1. The first-order chi connectivity index (χ1) is 8.86. The average molecular weight is 264 g/mol. The minimum atomic E-state index is -0.671. The Morgan fingerprint density at radius 1 is 1.11 bits per heavy atom. The first kappa shape index (κ1) is 13.7. The van der Waals surface area contributed by atoms with E-state index in [-0.39, 0.29) is 5.41 Å². The number of hydrogen-bond acceptors (Lipinski definition) is 4. The summed E-state index contributed by atoms with van der Waals surface area (Å²) in [7, 11) is 3.19. The van der Waals surface area contributed by atoms with Crippen molar-refractivity contribution in [1.29, 1.82) is 0 Å². The summed E-state index contributed by atoms with van der Waals surface area (Å²) in [5, 5.41) is 11.1. The van der Waals surface area contributed by atoms with Gasteiger partial charge in [-0.25, -0.2) is 0 Å². The highest BCUT2D eigenvalue weighted by Gasteiger charge is 2.27. The van der Waals surface area contributed by atoms with E-state index in [1.807, 2.05) is 26.8 Å². The van der Waals surface area contributed by atoms with Crippen molar-refractivity contribution < 1.29 is 19.0 Å². The van der Waals surface area contributed by atoms with Gasteiger partial charge in [-0.1, -0.05) is 20.8 Å². The van der Waals surface area contributed by atoms with E-state index >= 15 is 0 Å². The highest BCUT2D eigenvalue weighted by molar-refractivity contribution is 5.86. The molecule has 0 spiro atoms. The topological polar surface area (TPSA) is 51.8 Å². The fourth-order valence-electron chi connectivity index (χ4n) is 1.95. The van der Waals surface area contributed by atoms with Gasteiger partial charge in [-0.15, -0.1) is 0 Å². The third-order valence-electron chi connectivity index (χ3n) is 3.14. The number of hydrogen-bond donors (Lipinski definition) is 1. The number of aliphatic hydroxyl groups is 1. The standard InChI is InChI=1S/C15H20O4/c1-15(2,3)14(16)13-8-10-11(18-5)6-9(17-4)7-12(10)19-13/h6-8,14,16H,1-5H3. The van der Waals surface area contributed by atoms with Gasteiger partial charge in [0.25, 0.3) is 0 Å². The molecule has 1 aromatic carbocycles. The summed E-state index contributed by atoms with van der Waals surface area (Å²) in [5.41, 5.74) is 0.361. The van der Waals surface area contributed by atoms with Gasteiger partial charge in [-0.2, -0.15) is 0 Å². The molecule has 0 aliphatic heterocycles. The first-order valence-corrected chi connectivity index (χ1v) is 6.20. The van der Waals surface area contributed by atoms with Crippen LogP contribution in [0.3, 0.4) is 0 Å². The summed E-state index contributed by atoms with van der Waals surface area (Å²) < 4.78 is 16.3. The molecule has 1 aromatic heterocycles. The molecule has 0 aliphatic carbocycles. The van der Waals surface area contributed by atoms with E-state index in [1.165, 1.54) is 0 Å². The molecular formula is C15H20O4. The Kier molecular flexibility index (Phi) is 3.45. The molecule has 0 aliphatic rings. The maximum absolute atomic E-state index is 10.3. The predicted molar refractivity (Wildman–Crippen MR) is 73.7 cm³/mol. The van der Waals surface area contributed by atoms with Crippen LogP contribution in [0.1, 0.15) is 32.6 Å². The van der Waals surface area contributed by atoms with E-state index in [9.17, 15) is 5.11 Å². The van der Waals surface area contributed by atoms with Crippen molar-refractivity contribution in [3.05, 3.63) is 24.0 Å². The minimum Gasteiger partial charge on any atom is -0.496 e. The van der Waals surface area contributed by atoms with Gasteiger partial charge in [-0.3, -0.25) is 0 Å². The van der Waals surface area contributed by atoms with Crippen LogP contribution >= 0.6 is 0 Å². The molecule has 19 heavy (non-hydrogen) atoms. The summed E-state index contributed by atoms with van der Waals surface area (Å²) in [6, 6.07) is 5.41. The van der Waals surface area contributed by atoms with E-state index in [4.69, 9.17) is 13.9 Å². The second kappa shape index (κ2) is 4.78. The highest BCUT2D eigenvalue weighted by atomic mass is 16.5. The van der Waals surface area contributed by atoms with Crippen LogP contribution in [-0.2, 0) is 0 Å². The molecule has 1 atom stereocenters. The van der Waals surface area contributed by atoms with Gasteiger partial charge in [0.2, 0.25) is 0 Å². The van der Waals surface area contributed by atoms with E-state index in [2.05, 4.69) is 0 Å². The number of aliphatic hydroxyl groups excluding tert-OH is 1. The first-order valence-electron chi connectivity index (χ1n) is 6.20. The molecule has 1 N–H and O–H groups in total. The normalized spacial score (nSPS) is 13.6. The molecule has 104 valence electrons. The quantitative estimate of drug-likeness (QED) is 0.921. The molecular weight excluding hydrogens is 244 g/mol. The SMILES string of the molecule is COc1cc(OC)c2cc(C(O)C(C)(C)C)oc2c1. The third-order valence-corrected chi connectivity index (χ3v) is 3.14. The zero-order valence-corrected chi connectivity index (χ0v) is 12.0. The maximum atomic E-state index is 10.3. The van der Waals surface area contributed by atoms with E-state index in [0.717, 1.165) is 5.39 Å². The van der Waals surface area contributed by atoms with E-state index in [1.54, 1.807) is 26.4 Å². The second-order valence-corrected chi connectivity index (χ2v) is 5.66. The Morgan fingerprint density at radius 3 is 2.32 bits per heavy atom. The van der Waals surface area contributed by atoms with Crippen LogP contribution in [0.2, 0.25) is 0 Å². The van der Waals surface area contributed by atoms with Crippen molar-refractivity contribution in [1.82, 2.24) is 0 Å². The van der Waals surface area contributed by atoms with Crippen LogP contribution in [0.25, 0.3) is 11.0 Å². The van der Waals surface area contributed by atoms with Crippen LogP contribution in [0, 0.1) is 5.41 Å². The average Bonchev–Trinajstić information content (AvgIpc) is 2.78. The number of ether oxygens (including phenoxy) is 2. The predicted octanol–water partition coefficient (Wildman–Crippen LogP) is 3.53. The fourth-order valence-corrected chi connectivity index (χ4v) is 1.95. The van der Waals surface area contributed by atoms with Crippen molar-refractivity contribution in [2.45, 2.75) is 26.9 Å². The minimum absolute atomic E-state index is 0.287. The highest BCUT2D eigenvalue weighted by Crippen LogP contribution is 2.39. The van der Waals surface area contributed by atoms with Crippen molar-refractivity contribution in [3.63, 3.8) is 0 Å². The molecule has 0 fully saturated rings. The summed E-state index contributed by atoms with van der Waals surface area (Å²) in [6.45, 7) is 5.88. The molecule has 4 heteroatoms. The summed E-state index contributed by atoms with van der Waals surface area (Å²) in [4.78, 5) is 0. The molecule has 0 amide bonds. The summed E-state index contributed by atoms with van der Waals surface area (Å²) in [6.07, 6.45) is -0.671. The van der Waals surface area contributed by atoms with Gasteiger partial charge in [0.15, 0.2) is 0 Å². The molecule has 1 heterocycles. The molecule has 0 radical (unpaired) electrons. The molecule has 0 saturated carbocycles. The lowest BCUT2D eigenvalue weighted by atomic mass is 9.88. The van der Waals surface area contributed by atoms with Crippen LogP contribution in [-0.4, -0.2) is 19.3 Å². The van der Waals surface area contributed by atoms with Crippen LogP contribution in [0.15, 0.2) is 22.6 Å². The van der Waals surface area contributed by atoms with Crippen LogP contribution in [0.4, 0.5) is 0 Å². The van der Waals surface area contributed by atoms with Crippen molar-refractivity contribution in [2.75, 3.05) is 14.2 Å². The Morgan fingerprint density at radius 2 is 1.79 bits per heavy atom.